The molecule has 1 atom stereocenters. The molecule has 1 heterocycles. The Bertz CT molecular complexity index is 503. The van der Waals surface area contributed by atoms with Crippen molar-refractivity contribution >= 4 is 10.9 Å². The molecule has 3 heteroatoms. The quantitative estimate of drug-likeness (QED) is 0.847. The fourth-order valence-electron chi connectivity index (χ4n) is 2.14. The summed E-state index contributed by atoms with van der Waals surface area (Å²) in [7, 11) is 0. The molecule has 0 fully saturated rings. The third-order valence-corrected chi connectivity index (χ3v) is 3.33. The molecule has 0 amide bonds. The molecule has 0 saturated carbocycles. The first-order valence-corrected chi connectivity index (χ1v) is 6.48. The van der Waals surface area contributed by atoms with Crippen molar-refractivity contribution in [2.24, 2.45) is 11.7 Å². The van der Waals surface area contributed by atoms with Gasteiger partial charge in [-0.2, -0.15) is 0 Å². The van der Waals surface area contributed by atoms with Gasteiger partial charge in [-0.1, -0.05) is 38.1 Å². The van der Waals surface area contributed by atoms with Crippen LogP contribution in [0.5, 0.6) is 0 Å². The number of nitrogens with one attached hydrogen (secondary N) is 1. The maximum absolute atomic E-state index is 5.77. The molecule has 3 N–H and O–H groups in total. The highest BCUT2D eigenvalue weighted by Gasteiger charge is 2.11. The summed E-state index contributed by atoms with van der Waals surface area (Å²) in [4.78, 5) is 4.46. The van der Waals surface area contributed by atoms with Crippen molar-refractivity contribution in [3.05, 3.63) is 42.1 Å². The molecule has 1 aromatic heterocycles. The first-order valence-electron chi connectivity index (χ1n) is 6.48. The Kier molecular flexibility index (Phi) is 4.28. The van der Waals surface area contributed by atoms with Gasteiger partial charge in [0.15, 0.2) is 0 Å². The fraction of sp³-hybridized carbons (Fsp3) is 0.400. The van der Waals surface area contributed by atoms with Crippen LogP contribution in [0, 0.1) is 5.92 Å². The number of pyridine rings is 1. The third kappa shape index (κ3) is 2.86. The van der Waals surface area contributed by atoms with E-state index < -0.39 is 0 Å². The van der Waals surface area contributed by atoms with Crippen LogP contribution in [0.4, 0.5) is 0 Å². The summed E-state index contributed by atoms with van der Waals surface area (Å²) < 4.78 is 0. The maximum atomic E-state index is 5.77. The zero-order valence-electron chi connectivity index (χ0n) is 11.1. The van der Waals surface area contributed by atoms with Gasteiger partial charge in [-0.05, 0) is 17.5 Å². The van der Waals surface area contributed by atoms with Crippen molar-refractivity contribution in [1.82, 2.24) is 10.3 Å². The molecule has 1 aromatic carbocycles. The summed E-state index contributed by atoms with van der Waals surface area (Å²) in [6, 6.07) is 10.7. The van der Waals surface area contributed by atoms with Gasteiger partial charge < -0.3 is 11.1 Å². The number of hydrogen-bond acceptors (Lipinski definition) is 3. The van der Waals surface area contributed by atoms with Crippen LogP contribution in [-0.4, -0.2) is 17.6 Å². The number of rotatable bonds is 5. The number of nitrogens with zero attached hydrogens (tertiary/aromatic N) is 1. The van der Waals surface area contributed by atoms with Crippen LogP contribution in [0.3, 0.4) is 0 Å². The summed E-state index contributed by atoms with van der Waals surface area (Å²) >= 11 is 0. The monoisotopic (exact) mass is 243 g/mol. The number of hydrogen-bond donors (Lipinski definition) is 2. The SMILES string of the molecule is CC(C)C(CN)NCc1cccc2cccnc12. The molecule has 2 rings (SSSR count). The Balaban J connectivity index is 2.17. The van der Waals surface area contributed by atoms with E-state index in [0.29, 0.717) is 18.5 Å². The van der Waals surface area contributed by atoms with Gasteiger partial charge >= 0.3 is 0 Å². The molecule has 0 radical (unpaired) electrons. The second kappa shape index (κ2) is 5.94. The van der Waals surface area contributed by atoms with E-state index in [0.717, 1.165) is 12.1 Å². The largest absolute Gasteiger partial charge is 0.329 e. The molecular weight excluding hydrogens is 222 g/mol. The Labute approximate surface area is 108 Å². The van der Waals surface area contributed by atoms with Crippen LogP contribution in [0.1, 0.15) is 19.4 Å². The van der Waals surface area contributed by atoms with E-state index in [1.807, 2.05) is 12.3 Å². The van der Waals surface area contributed by atoms with Crippen LogP contribution < -0.4 is 11.1 Å². The second-order valence-corrected chi connectivity index (χ2v) is 4.96. The number of nitrogens with two attached hydrogens (primary N) is 1. The Hall–Kier alpha value is -1.45. The lowest BCUT2D eigenvalue weighted by molar-refractivity contribution is 0.405. The zero-order valence-corrected chi connectivity index (χ0v) is 11.1. The summed E-state index contributed by atoms with van der Waals surface area (Å²) in [5, 5.41) is 4.70. The minimum absolute atomic E-state index is 0.351. The van der Waals surface area contributed by atoms with Gasteiger partial charge in [0.2, 0.25) is 0 Å². The Morgan fingerprint density at radius 1 is 1.22 bits per heavy atom. The van der Waals surface area contributed by atoms with Crippen LogP contribution in [0.2, 0.25) is 0 Å². The number of fused-ring (bicyclic) bond motifs is 1. The lowest BCUT2D eigenvalue weighted by Crippen LogP contribution is -2.39. The van der Waals surface area contributed by atoms with Crippen molar-refractivity contribution in [1.29, 1.82) is 0 Å². The second-order valence-electron chi connectivity index (χ2n) is 4.96. The topological polar surface area (TPSA) is 50.9 Å². The van der Waals surface area contributed by atoms with Gasteiger partial charge in [0.1, 0.15) is 0 Å². The average molecular weight is 243 g/mol. The normalized spacial score (nSPS) is 13.1. The number of para-hydroxylation sites is 1. The summed E-state index contributed by atoms with van der Waals surface area (Å²) in [5.74, 6) is 0.540. The molecule has 96 valence electrons. The van der Waals surface area contributed by atoms with E-state index in [2.05, 4.69) is 48.4 Å². The Morgan fingerprint density at radius 2 is 2.00 bits per heavy atom. The smallest absolute Gasteiger partial charge is 0.0746 e. The van der Waals surface area contributed by atoms with E-state index in [4.69, 9.17) is 5.73 Å². The fourth-order valence-corrected chi connectivity index (χ4v) is 2.14. The van der Waals surface area contributed by atoms with Crippen LogP contribution >= 0.6 is 0 Å². The lowest BCUT2D eigenvalue weighted by Gasteiger charge is -2.20. The molecule has 0 spiro atoms. The molecular formula is C15H21N3. The van der Waals surface area contributed by atoms with Gasteiger partial charge in [0.25, 0.3) is 0 Å². The van der Waals surface area contributed by atoms with E-state index in [9.17, 15) is 0 Å². The standard InChI is InChI=1S/C15H21N3/c1-11(2)14(9-16)18-10-13-6-3-5-12-7-4-8-17-15(12)13/h3-8,11,14,18H,9-10,16H2,1-2H3. The number of benzene rings is 1. The molecule has 2 aromatic rings. The van der Waals surface area contributed by atoms with E-state index in [-0.39, 0.29) is 0 Å². The predicted octanol–water partition coefficient (Wildman–Crippen LogP) is 2.31. The van der Waals surface area contributed by atoms with Crippen molar-refractivity contribution < 1.29 is 0 Å². The highest BCUT2D eigenvalue weighted by molar-refractivity contribution is 5.81. The summed E-state index contributed by atoms with van der Waals surface area (Å²) in [6.07, 6.45) is 1.84. The highest BCUT2D eigenvalue weighted by atomic mass is 14.9. The zero-order chi connectivity index (χ0) is 13.0. The van der Waals surface area contributed by atoms with Gasteiger partial charge in [-0.3, -0.25) is 4.98 Å². The minimum atomic E-state index is 0.351. The molecule has 0 aliphatic rings. The van der Waals surface area contributed by atoms with E-state index >= 15 is 0 Å². The molecule has 0 aliphatic heterocycles. The first-order chi connectivity index (χ1) is 8.72. The van der Waals surface area contributed by atoms with Gasteiger partial charge in [0, 0.05) is 30.7 Å². The van der Waals surface area contributed by atoms with Gasteiger partial charge in [0.05, 0.1) is 5.52 Å². The minimum Gasteiger partial charge on any atom is -0.329 e. The Morgan fingerprint density at radius 3 is 2.72 bits per heavy atom. The van der Waals surface area contributed by atoms with Crippen molar-refractivity contribution in [2.75, 3.05) is 6.54 Å². The van der Waals surface area contributed by atoms with Crippen molar-refractivity contribution in [3.63, 3.8) is 0 Å². The van der Waals surface area contributed by atoms with E-state index in [1.165, 1.54) is 10.9 Å². The predicted molar refractivity (Wildman–Crippen MR) is 76.3 cm³/mol. The van der Waals surface area contributed by atoms with Gasteiger partial charge in [-0.25, -0.2) is 0 Å². The average Bonchev–Trinajstić information content (AvgIpc) is 2.39. The van der Waals surface area contributed by atoms with Crippen LogP contribution in [0.15, 0.2) is 36.5 Å². The maximum Gasteiger partial charge on any atom is 0.0746 e. The van der Waals surface area contributed by atoms with Crippen LogP contribution in [-0.2, 0) is 6.54 Å². The summed E-state index contributed by atoms with van der Waals surface area (Å²) in [5.41, 5.74) is 8.08. The van der Waals surface area contributed by atoms with Crippen molar-refractivity contribution in [3.8, 4) is 0 Å². The molecule has 0 bridgehead atoms. The lowest BCUT2D eigenvalue weighted by atomic mass is 10.0. The van der Waals surface area contributed by atoms with Crippen molar-refractivity contribution in [2.45, 2.75) is 26.4 Å². The molecule has 1 unspecified atom stereocenters. The summed E-state index contributed by atoms with van der Waals surface area (Å²) in [6.45, 7) is 5.85. The van der Waals surface area contributed by atoms with Gasteiger partial charge in [-0.15, -0.1) is 0 Å². The molecule has 0 saturated heterocycles. The first kappa shape index (κ1) is 13.0. The molecule has 3 nitrogen and oxygen atoms in total. The number of aromatic nitrogens is 1. The van der Waals surface area contributed by atoms with E-state index in [1.54, 1.807) is 0 Å². The molecule has 0 aliphatic carbocycles. The van der Waals surface area contributed by atoms with Crippen LogP contribution in [0.25, 0.3) is 10.9 Å². The highest BCUT2D eigenvalue weighted by Crippen LogP contribution is 2.16. The molecule has 18 heavy (non-hydrogen) atoms. The third-order valence-electron chi connectivity index (χ3n) is 3.33.